The highest BCUT2D eigenvalue weighted by molar-refractivity contribution is 7.89. The topological polar surface area (TPSA) is 91.6 Å². The average Bonchev–Trinajstić information content (AvgIpc) is 3.55. The summed E-state index contributed by atoms with van der Waals surface area (Å²) in [7, 11) is -3.50. The maximum atomic E-state index is 12.9. The molecule has 9 nitrogen and oxygen atoms in total. The molecule has 0 aliphatic carbocycles. The number of hydrogen-bond donors (Lipinski definition) is 0. The van der Waals surface area contributed by atoms with Crippen LogP contribution in [-0.4, -0.2) is 77.8 Å². The van der Waals surface area contributed by atoms with Crippen LogP contribution in [0.5, 0.6) is 0 Å². The Morgan fingerprint density at radius 3 is 2.43 bits per heavy atom. The van der Waals surface area contributed by atoms with E-state index in [9.17, 15) is 13.2 Å². The van der Waals surface area contributed by atoms with Crippen LogP contribution in [0.15, 0.2) is 41.3 Å². The quantitative estimate of drug-likeness (QED) is 0.521. The van der Waals surface area contributed by atoms with E-state index in [1.165, 1.54) is 21.1 Å². The first-order valence-corrected chi connectivity index (χ1v) is 13.7. The highest BCUT2D eigenvalue weighted by Gasteiger charge is 2.28. The Morgan fingerprint density at radius 2 is 1.69 bits per heavy atom. The van der Waals surface area contributed by atoms with E-state index in [0.29, 0.717) is 44.7 Å². The molecule has 0 radical (unpaired) electrons. The van der Waals surface area contributed by atoms with E-state index in [2.05, 4.69) is 47.3 Å². The minimum atomic E-state index is -3.50. The van der Waals surface area contributed by atoms with E-state index in [-0.39, 0.29) is 10.8 Å². The number of amides is 1. The van der Waals surface area contributed by atoms with Crippen LogP contribution < -0.4 is 4.90 Å². The fourth-order valence-electron chi connectivity index (χ4n) is 4.97. The molecule has 3 heterocycles. The Hall–Kier alpha value is -2.98. The van der Waals surface area contributed by atoms with Gasteiger partial charge in [0.25, 0.3) is 0 Å². The first-order valence-electron chi connectivity index (χ1n) is 12.3. The number of aromatic nitrogens is 3. The van der Waals surface area contributed by atoms with Crippen LogP contribution in [-0.2, 0) is 21.4 Å². The molecule has 2 aliphatic heterocycles. The maximum absolute atomic E-state index is 12.9. The molecule has 5 rings (SSSR count). The van der Waals surface area contributed by atoms with Gasteiger partial charge in [-0.3, -0.25) is 4.79 Å². The molecule has 2 saturated heterocycles. The van der Waals surface area contributed by atoms with Gasteiger partial charge in [-0.15, -0.1) is 5.10 Å². The predicted octanol–water partition coefficient (Wildman–Crippen LogP) is 2.57. The number of aryl methyl sites for hydroxylation is 3. The number of sulfonamides is 1. The minimum Gasteiger partial charge on any atom is -0.368 e. The average molecular weight is 497 g/mol. The summed E-state index contributed by atoms with van der Waals surface area (Å²) in [6.45, 7) is 8.79. The van der Waals surface area contributed by atoms with Gasteiger partial charge in [0.2, 0.25) is 15.9 Å². The van der Waals surface area contributed by atoms with Crippen LogP contribution in [0.4, 0.5) is 5.69 Å². The Bertz CT molecular complexity index is 1340. The first kappa shape index (κ1) is 23.7. The summed E-state index contributed by atoms with van der Waals surface area (Å²) in [5.41, 5.74) is 5.00. The Morgan fingerprint density at radius 1 is 0.943 bits per heavy atom. The summed E-state index contributed by atoms with van der Waals surface area (Å²) in [6, 6.07) is 11.4. The number of benzene rings is 2. The maximum Gasteiger partial charge on any atom is 0.243 e. The zero-order valence-corrected chi connectivity index (χ0v) is 21.2. The molecule has 0 N–H and O–H groups in total. The van der Waals surface area contributed by atoms with E-state index in [1.807, 2.05) is 4.90 Å². The highest BCUT2D eigenvalue weighted by Crippen LogP contribution is 2.25. The van der Waals surface area contributed by atoms with Crippen molar-refractivity contribution in [3.05, 3.63) is 47.5 Å². The van der Waals surface area contributed by atoms with Crippen LogP contribution in [0.1, 0.15) is 30.4 Å². The Kier molecular flexibility index (Phi) is 6.50. The summed E-state index contributed by atoms with van der Waals surface area (Å²) in [4.78, 5) is 17.4. The van der Waals surface area contributed by atoms with E-state index in [4.69, 9.17) is 0 Å². The fourth-order valence-corrected chi connectivity index (χ4v) is 6.51. The van der Waals surface area contributed by atoms with Crippen molar-refractivity contribution >= 4 is 32.7 Å². The van der Waals surface area contributed by atoms with Gasteiger partial charge in [0.05, 0.1) is 17.0 Å². The largest absolute Gasteiger partial charge is 0.368 e. The van der Waals surface area contributed by atoms with Gasteiger partial charge in [0, 0.05) is 51.4 Å². The molecule has 2 aliphatic rings. The molecule has 0 atom stereocenters. The van der Waals surface area contributed by atoms with E-state index in [1.54, 1.807) is 22.9 Å². The van der Waals surface area contributed by atoms with Gasteiger partial charge in [-0.1, -0.05) is 17.3 Å². The third kappa shape index (κ3) is 4.77. The number of piperazine rings is 1. The third-order valence-corrected chi connectivity index (χ3v) is 8.96. The molecule has 186 valence electrons. The molecule has 0 bridgehead atoms. The summed E-state index contributed by atoms with van der Waals surface area (Å²) < 4.78 is 28.9. The predicted molar refractivity (Wildman–Crippen MR) is 135 cm³/mol. The summed E-state index contributed by atoms with van der Waals surface area (Å²) in [5, 5.41) is 8.35. The fraction of sp³-hybridized carbons (Fsp3) is 0.480. The first-order chi connectivity index (χ1) is 16.8. The number of anilines is 1. The van der Waals surface area contributed by atoms with E-state index >= 15 is 0 Å². The zero-order valence-electron chi connectivity index (χ0n) is 20.4. The van der Waals surface area contributed by atoms with Gasteiger partial charge in [0.1, 0.15) is 5.52 Å². The van der Waals surface area contributed by atoms with Gasteiger partial charge in [-0.2, -0.15) is 4.31 Å². The van der Waals surface area contributed by atoms with Crippen molar-refractivity contribution in [1.29, 1.82) is 0 Å². The lowest BCUT2D eigenvalue weighted by atomic mass is 10.1. The third-order valence-electron chi connectivity index (χ3n) is 7.06. The summed E-state index contributed by atoms with van der Waals surface area (Å²) >= 11 is 0. The number of nitrogens with zero attached hydrogens (tertiary/aromatic N) is 6. The van der Waals surface area contributed by atoms with Crippen LogP contribution in [0.3, 0.4) is 0 Å². The van der Waals surface area contributed by atoms with Gasteiger partial charge in [0.15, 0.2) is 0 Å². The second kappa shape index (κ2) is 9.58. The number of carbonyl (C=O) groups is 1. The molecule has 35 heavy (non-hydrogen) atoms. The molecule has 3 aromatic rings. The lowest BCUT2D eigenvalue weighted by Crippen LogP contribution is -2.49. The van der Waals surface area contributed by atoms with Gasteiger partial charge >= 0.3 is 0 Å². The molecule has 2 aromatic carbocycles. The van der Waals surface area contributed by atoms with Crippen molar-refractivity contribution < 1.29 is 13.2 Å². The molecule has 1 aromatic heterocycles. The molecular weight excluding hydrogens is 464 g/mol. The highest BCUT2D eigenvalue weighted by atomic mass is 32.2. The second-order valence-electron chi connectivity index (χ2n) is 9.48. The molecule has 10 heteroatoms. The van der Waals surface area contributed by atoms with Crippen molar-refractivity contribution in [2.45, 2.75) is 44.6 Å². The SMILES string of the molecule is Cc1ccc(C)c(N2CCN(C(=O)CCn3nnc4cc(S(=O)(=O)N5CCCC5)ccc43)CC2)c1. The molecule has 1 amide bonds. The molecule has 0 spiro atoms. The molecule has 0 saturated carbocycles. The molecule has 2 fully saturated rings. The summed E-state index contributed by atoms with van der Waals surface area (Å²) in [5.74, 6) is 0.0995. The van der Waals surface area contributed by atoms with Crippen molar-refractivity contribution in [3.63, 3.8) is 0 Å². The van der Waals surface area contributed by atoms with Gasteiger partial charge in [-0.05, 0) is 62.1 Å². The number of hydrogen-bond acceptors (Lipinski definition) is 6. The Balaban J connectivity index is 1.20. The van der Waals surface area contributed by atoms with Crippen molar-refractivity contribution in [3.8, 4) is 0 Å². The van der Waals surface area contributed by atoms with Crippen LogP contribution in [0.25, 0.3) is 11.0 Å². The number of rotatable bonds is 6. The van der Waals surface area contributed by atoms with E-state index < -0.39 is 10.0 Å². The monoisotopic (exact) mass is 496 g/mol. The molecule has 0 unspecified atom stereocenters. The van der Waals surface area contributed by atoms with Crippen molar-refractivity contribution in [2.24, 2.45) is 0 Å². The van der Waals surface area contributed by atoms with Crippen molar-refractivity contribution in [2.75, 3.05) is 44.2 Å². The standard InChI is InChI=1S/C25H32N6O3S/c1-19-5-6-20(2)24(17-19)28-13-15-29(16-14-28)25(32)9-12-31-23-8-7-21(18-22(23)26-27-31)35(33,34)30-10-3-4-11-30/h5-8,17-18H,3-4,9-16H2,1-2H3. The van der Waals surface area contributed by atoms with Gasteiger partial charge < -0.3 is 9.80 Å². The lowest BCUT2D eigenvalue weighted by Gasteiger charge is -2.37. The number of fused-ring (bicyclic) bond motifs is 1. The second-order valence-corrected chi connectivity index (χ2v) is 11.4. The van der Waals surface area contributed by atoms with Crippen LogP contribution in [0, 0.1) is 13.8 Å². The van der Waals surface area contributed by atoms with Crippen molar-refractivity contribution in [1.82, 2.24) is 24.2 Å². The van der Waals surface area contributed by atoms with Gasteiger partial charge in [-0.25, -0.2) is 13.1 Å². The lowest BCUT2D eigenvalue weighted by molar-refractivity contribution is -0.131. The van der Waals surface area contributed by atoms with E-state index in [0.717, 1.165) is 31.4 Å². The smallest absolute Gasteiger partial charge is 0.243 e. The molecular formula is C25H32N6O3S. The zero-order chi connectivity index (χ0) is 24.6. The Labute approximate surface area is 206 Å². The normalized spacial score (nSPS) is 17.4. The minimum absolute atomic E-state index is 0.0995. The number of carbonyl (C=O) groups excluding carboxylic acids is 1. The van der Waals surface area contributed by atoms with Crippen LogP contribution >= 0.6 is 0 Å². The van der Waals surface area contributed by atoms with Crippen LogP contribution in [0.2, 0.25) is 0 Å². The summed E-state index contributed by atoms with van der Waals surface area (Å²) in [6.07, 6.45) is 2.12.